The summed E-state index contributed by atoms with van der Waals surface area (Å²) < 4.78 is 14.2. The lowest BCUT2D eigenvalue weighted by Crippen LogP contribution is -2.54. The Morgan fingerprint density at radius 3 is 2.64 bits per heavy atom. The summed E-state index contributed by atoms with van der Waals surface area (Å²) >= 11 is 3.16. The maximum atomic E-state index is 13.9. The zero-order valence-corrected chi connectivity index (χ0v) is 13.1. The average Bonchev–Trinajstić information content (AvgIpc) is 3.22. The molecule has 0 radical (unpaired) electrons. The van der Waals surface area contributed by atoms with Gasteiger partial charge < -0.3 is 0 Å². The molecule has 1 aromatic carbocycles. The molecule has 1 unspecified atom stereocenters. The molecule has 2 heterocycles. The van der Waals surface area contributed by atoms with Crippen LogP contribution < -0.4 is 10.2 Å². The third-order valence-corrected chi connectivity index (χ3v) is 5.32. The monoisotopic (exact) mass is 366 g/mol. The smallest absolute Gasteiger partial charge is 0.249 e. The van der Waals surface area contributed by atoms with Crippen LogP contribution >= 0.6 is 15.9 Å². The molecule has 1 saturated heterocycles. The first-order valence-electron chi connectivity index (χ1n) is 7.11. The van der Waals surface area contributed by atoms with Crippen LogP contribution in [0.3, 0.4) is 0 Å². The van der Waals surface area contributed by atoms with Gasteiger partial charge in [0.05, 0.1) is 15.6 Å². The van der Waals surface area contributed by atoms with Crippen LogP contribution in [0.2, 0.25) is 0 Å². The van der Waals surface area contributed by atoms with Crippen molar-refractivity contribution in [2.75, 3.05) is 4.90 Å². The van der Waals surface area contributed by atoms with E-state index in [9.17, 15) is 18.8 Å². The van der Waals surface area contributed by atoms with E-state index in [1.54, 1.807) is 6.07 Å². The van der Waals surface area contributed by atoms with E-state index in [2.05, 4.69) is 21.2 Å². The van der Waals surface area contributed by atoms with Crippen molar-refractivity contribution >= 4 is 39.3 Å². The maximum Gasteiger partial charge on any atom is 0.249 e. The molecule has 0 aromatic heterocycles. The highest BCUT2D eigenvalue weighted by Gasteiger charge is 2.61. The lowest BCUT2D eigenvalue weighted by Gasteiger charge is -2.30. The van der Waals surface area contributed by atoms with E-state index in [0.29, 0.717) is 23.0 Å². The minimum absolute atomic E-state index is 0.158. The second-order valence-corrected chi connectivity index (χ2v) is 6.86. The summed E-state index contributed by atoms with van der Waals surface area (Å²) in [5.74, 6) is -1.45. The summed E-state index contributed by atoms with van der Waals surface area (Å²) in [4.78, 5) is 37.6. The number of carbonyl (C=O) groups is 3. The number of piperidine rings is 1. The highest BCUT2D eigenvalue weighted by molar-refractivity contribution is 9.10. The van der Waals surface area contributed by atoms with Crippen LogP contribution in [0.25, 0.3) is 0 Å². The molecule has 22 heavy (non-hydrogen) atoms. The van der Waals surface area contributed by atoms with E-state index >= 15 is 0 Å². The normalized spacial score (nSPS) is 25.5. The fourth-order valence-corrected chi connectivity index (χ4v) is 3.76. The van der Waals surface area contributed by atoms with Crippen molar-refractivity contribution in [3.05, 3.63) is 28.0 Å². The van der Waals surface area contributed by atoms with Gasteiger partial charge in [-0.25, -0.2) is 4.39 Å². The predicted octanol–water partition coefficient (Wildman–Crippen LogP) is 1.77. The number of fused-ring (bicyclic) bond motifs is 2. The molecule has 1 saturated carbocycles. The van der Waals surface area contributed by atoms with Gasteiger partial charge in [-0.2, -0.15) is 0 Å². The summed E-state index contributed by atoms with van der Waals surface area (Å²) in [5.41, 5.74) is 0.626. The molecular weight excluding hydrogens is 355 g/mol. The van der Waals surface area contributed by atoms with Crippen LogP contribution in [0.15, 0.2) is 16.6 Å². The summed E-state index contributed by atoms with van der Waals surface area (Å²) in [6.45, 7) is 0. The Kier molecular flexibility index (Phi) is 2.76. The second kappa shape index (κ2) is 4.38. The van der Waals surface area contributed by atoms with Gasteiger partial charge in [0.25, 0.3) is 0 Å². The van der Waals surface area contributed by atoms with Crippen molar-refractivity contribution in [1.29, 1.82) is 0 Å². The number of nitrogens with one attached hydrogen (secondary N) is 1. The lowest BCUT2D eigenvalue weighted by atomic mass is 9.98. The number of hydrogen-bond donors (Lipinski definition) is 1. The first-order chi connectivity index (χ1) is 10.4. The summed E-state index contributed by atoms with van der Waals surface area (Å²) in [5, 5.41) is 2.26. The van der Waals surface area contributed by atoms with Gasteiger partial charge in [-0.1, -0.05) is 0 Å². The van der Waals surface area contributed by atoms with Gasteiger partial charge in [-0.15, -0.1) is 0 Å². The van der Waals surface area contributed by atoms with Gasteiger partial charge in [-0.05, 0) is 52.9 Å². The van der Waals surface area contributed by atoms with Gasteiger partial charge in [0.15, 0.2) is 0 Å². The van der Waals surface area contributed by atoms with Crippen LogP contribution in [0.5, 0.6) is 0 Å². The highest BCUT2D eigenvalue weighted by Crippen LogP contribution is 2.58. The van der Waals surface area contributed by atoms with E-state index in [-0.39, 0.29) is 24.7 Å². The van der Waals surface area contributed by atoms with Crippen LogP contribution in [0.4, 0.5) is 10.1 Å². The quantitative estimate of drug-likeness (QED) is 0.770. The number of benzene rings is 1. The largest absolute Gasteiger partial charge is 0.299 e. The highest BCUT2D eigenvalue weighted by atomic mass is 79.9. The Morgan fingerprint density at radius 2 is 2.00 bits per heavy atom. The van der Waals surface area contributed by atoms with Crippen LogP contribution in [0.1, 0.15) is 31.2 Å². The van der Waals surface area contributed by atoms with E-state index in [0.717, 1.165) is 5.56 Å². The fourth-order valence-electron chi connectivity index (χ4n) is 3.42. The SMILES string of the molecule is O=C1CCC(N2C(=O)C3(CC3)c3cc(Br)c(F)cc32)C(=O)N1. The molecule has 1 spiro atoms. The number of carbonyl (C=O) groups excluding carboxylic acids is 3. The Labute approximate surface area is 134 Å². The van der Waals surface area contributed by atoms with E-state index in [4.69, 9.17) is 0 Å². The fraction of sp³-hybridized carbons (Fsp3) is 0.400. The molecule has 0 bridgehead atoms. The van der Waals surface area contributed by atoms with Crippen molar-refractivity contribution in [3.63, 3.8) is 0 Å². The number of anilines is 1. The molecule has 2 aliphatic heterocycles. The van der Waals surface area contributed by atoms with Crippen molar-refractivity contribution in [3.8, 4) is 0 Å². The lowest BCUT2D eigenvalue weighted by molar-refractivity contribution is -0.135. The summed E-state index contributed by atoms with van der Waals surface area (Å²) in [6, 6.07) is 2.19. The van der Waals surface area contributed by atoms with Gasteiger partial charge in [-0.3, -0.25) is 24.6 Å². The number of halogens is 2. The Balaban J connectivity index is 1.82. The summed E-state index contributed by atoms with van der Waals surface area (Å²) in [7, 11) is 0. The first kappa shape index (κ1) is 13.9. The van der Waals surface area contributed by atoms with Crippen molar-refractivity contribution in [2.24, 2.45) is 0 Å². The Hall–Kier alpha value is -1.76. The zero-order chi connectivity index (χ0) is 15.6. The average molecular weight is 367 g/mol. The number of nitrogens with zero attached hydrogens (tertiary/aromatic N) is 1. The zero-order valence-electron chi connectivity index (χ0n) is 11.5. The minimum Gasteiger partial charge on any atom is -0.299 e. The van der Waals surface area contributed by atoms with E-state index < -0.39 is 23.2 Å². The first-order valence-corrected chi connectivity index (χ1v) is 7.90. The molecule has 1 atom stereocenters. The molecule has 1 aliphatic carbocycles. The molecular formula is C15H12BrFN2O3. The molecule has 1 aromatic rings. The number of amides is 3. The van der Waals surface area contributed by atoms with Crippen LogP contribution in [-0.4, -0.2) is 23.8 Å². The molecule has 4 rings (SSSR count). The second-order valence-electron chi connectivity index (χ2n) is 6.01. The summed E-state index contributed by atoms with van der Waals surface area (Å²) in [6.07, 6.45) is 1.87. The van der Waals surface area contributed by atoms with Gasteiger partial charge in [0.2, 0.25) is 17.7 Å². The van der Waals surface area contributed by atoms with Crippen molar-refractivity contribution in [1.82, 2.24) is 5.32 Å². The minimum atomic E-state index is -0.746. The molecule has 5 nitrogen and oxygen atoms in total. The van der Waals surface area contributed by atoms with Gasteiger partial charge in [0.1, 0.15) is 11.9 Å². The van der Waals surface area contributed by atoms with E-state index in [1.807, 2.05) is 0 Å². The molecule has 2 fully saturated rings. The molecule has 1 N–H and O–H groups in total. The van der Waals surface area contributed by atoms with Crippen LogP contribution in [-0.2, 0) is 19.8 Å². The van der Waals surface area contributed by atoms with E-state index in [1.165, 1.54) is 11.0 Å². The molecule has 3 amide bonds. The van der Waals surface area contributed by atoms with Crippen LogP contribution in [0, 0.1) is 5.82 Å². The topological polar surface area (TPSA) is 66.5 Å². The predicted molar refractivity (Wildman–Crippen MR) is 78.7 cm³/mol. The van der Waals surface area contributed by atoms with Crippen molar-refractivity contribution < 1.29 is 18.8 Å². The standard InChI is InChI=1S/C15H12BrFN2O3/c16-8-5-7-11(6-9(8)17)19(14(22)15(7)3-4-15)10-1-2-12(20)18-13(10)21/h5-6,10H,1-4H2,(H,18,20,21). The molecule has 3 aliphatic rings. The molecule has 114 valence electrons. The number of imide groups is 1. The maximum absolute atomic E-state index is 13.9. The van der Waals surface area contributed by atoms with Gasteiger partial charge in [0, 0.05) is 6.42 Å². The molecule has 7 heteroatoms. The Bertz CT molecular complexity index is 745. The van der Waals surface area contributed by atoms with Crippen molar-refractivity contribution in [2.45, 2.75) is 37.1 Å². The third kappa shape index (κ3) is 1.71. The third-order valence-electron chi connectivity index (χ3n) is 4.71. The van der Waals surface area contributed by atoms with Gasteiger partial charge >= 0.3 is 0 Å². The number of rotatable bonds is 1. The number of hydrogen-bond acceptors (Lipinski definition) is 3. The Morgan fingerprint density at radius 1 is 1.27 bits per heavy atom.